The third kappa shape index (κ3) is 4.89. The fraction of sp³-hybridized carbons (Fsp3) is 0.0476. The van der Waals surface area contributed by atoms with Crippen molar-refractivity contribution in [3.05, 3.63) is 88.4 Å². The van der Waals surface area contributed by atoms with E-state index in [4.69, 9.17) is 9.15 Å². The average molecular weight is 441 g/mol. The summed E-state index contributed by atoms with van der Waals surface area (Å²) in [6.07, 6.45) is 2.95. The molecule has 0 aliphatic heterocycles. The number of nitrogens with one attached hydrogen (secondary N) is 2. The summed E-state index contributed by atoms with van der Waals surface area (Å²) in [5, 5.41) is 5.40. The molecule has 0 aliphatic carbocycles. The predicted molar refractivity (Wildman–Crippen MR) is 110 cm³/mol. The Labute approximate surface area is 170 Å². The normalized spacial score (nSPS) is 11.0. The van der Waals surface area contributed by atoms with Gasteiger partial charge in [0, 0.05) is 16.2 Å². The van der Waals surface area contributed by atoms with Crippen LogP contribution in [0.3, 0.4) is 0 Å². The molecule has 0 unspecified atom stereocenters. The minimum Gasteiger partial charge on any atom is -0.497 e. The van der Waals surface area contributed by atoms with E-state index in [-0.39, 0.29) is 5.70 Å². The summed E-state index contributed by atoms with van der Waals surface area (Å²) in [5.74, 6) is 0.205. The van der Waals surface area contributed by atoms with Crippen LogP contribution >= 0.6 is 15.9 Å². The minimum atomic E-state index is -0.484. The summed E-state index contributed by atoms with van der Waals surface area (Å²) >= 11 is 3.34. The lowest BCUT2D eigenvalue weighted by Crippen LogP contribution is -2.30. The Morgan fingerprint density at radius 2 is 1.79 bits per heavy atom. The Morgan fingerprint density at radius 3 is 2.43 bits per heavy atom. The van der Waals surface area contributed by atoms with Crippen molar-refractivity contribution in [3.63, 3.8) is 0 Å². The van der Waals surface area contributed by atoms with Crippen molar-refractivity contribution >= 4 is 39.5 Å². The molecule has 2 N–H and O–H groups in total. The molecule has 1 aromatic heterocycles. The number of ether oxygens (including phenoxy) is 1. The molecule has 28 heavy (non-hydrogen) atoms. The highest BCUT2D eigenvalue weighted by atomic mass is 79.9. The molecule has 0 spiro atoms. The number of carbonyl (C=O) groups excluding carboxylic acids is 2. The van der Waals surface area contributed by atoms with Gasteiger partial charge in [-0.25, -0.2) is 0 Å². The lowest BCUT2D eigenvalue weighted by Gasteiger charge is -2.12. The summed E-state index contributed by atoms with van der Waals surface area (Å²) in [5.41, 5.74) is 1.02. The lowest BCUT2D eigenvalue weighted by atomic mass is 10.2. The van der Waals surface area contributed by atoms with Crippen molar-refractivity contribution in [3.8, 4) is 5.75 Å². The van der Waals surface area contributed by atoms with Crippen molar-refractivity contribution < 1.29 is 18.7 Å². The second-order valence-corrected chi connectivity index (χ2v) is 6.54. The van der Waals surface area contributed by atoms with Crippen LogP contribution < -0.4 is 15.4 Å². The van der Waals surface area contributed by atoms with Gasteiger partial charge in [0.2, 0.25) is 0 Å². The second kappa shape index (κ2) is 9.05. The zero-order chi connectivity index (χ0) is 19.9. The molecule has 0 atom stereocenters. The molecule has 3 aromatic rings. The zero-order valence-corrected chi connectivity index (χ0v) is 16.5. The first-order valence-electron chi connectivity index (χ1n) is 8.33. The maximum Gasteiger partial charge on any atom is 0.272 e. The van der Waals surface area contributed by atoms with E-state index in [1.807, 2.05) is 0 Å². The van der Waals surface area contributed by atoms with E-state index in [2.05, 4.69) is 26.6 Å². The van der Waals surface area contributed by atoms with Crippen LogP contribution in [0.5, 0.6) is 5.75 Å². The number of furan rings is 1. The van der Waals surface area contributed by atoms with E-state index in [0.717, 1.165) is 0 Å². The second-order valence-electron chi connectivity index (χ2n) is 5.69. The first-order valence-corrected chi connectivity index (χ1v) is 9.12. The van der Waals surface area contributed by atoms with E-state index in [9.17, 15) is 9.59 Å². The summed E-state index contributed by atoms with van der Waals surface area (Å²) in [7, 11) is 1.56. The van der Waals surface area contributed by atoms with E-state index in [0.29, 0.717) is 27.2 Å². The van der Waals surface area contributed by atoms with Gasteiger partial charge in [0.25, 0.3) is 11.8 Å². The highest BCUT2D eigenvalue weighted by Gasteiger charge is 2.17. The maximum atomic E-state index is 12.8. The van der Waals surface area contributed by atoms with Crippen molar-refractivity contribution in [2.45, 2.75) is 0 Å². The smallest absolute Gasteiger partial charge is 0.272 e. The van der Waals surface area contributed by atoms with Crippen LogP contribution in [0.1, 0.15) is 16.1 Å². The Kier molecular flexibility index (Phi) is 6.29. The van der Waals surface area contributed by atoms with Gasteiger partial charge in [-0.05, 0) is 64.5 Å². The van der Waals surface area contributed by atoms with Gasteiger partial charge in [-0.15, -0.1) is 0 Å². The van der Waals surface area contributed by atoms with Crippen LogP contribution in [0.25, 0.3) is 6.08 Å². The van der Waals surface area contributed by atoms with Gasteiger partial charge < -0.3 is 19.8 Å². The molecule has 2 amide bonds. The van der Waals surface area contributed by atoms with Gasteiger partial charge in [0.15, 0.2) is 0 Å². The Balaban J connectivity index is 1.83. The number of methoxy groups -OCH3 is 1. The number of carbonyl (C=O) groups is 2. The third-order valence-electron chi connectivity index (χ3n) is 3.79. The lowest BCUT2D eigenvalue weighted by molar-refractivity contribution is -0.113. The summed E-state index contributed by atoms with van der Waals surface area (Å²) in [6, 6.07) is 17.2. The maximum absolute atomic E-state index is 12.8. The predicted octanol–water partition coefficient (Wildman–Crippen LogP) is 4.46. The summed E-state index contributed by atoms with van der Waals surface area (Å²) in [6.45, 7) is 0. The Morgan fingerprint density at radius 1 is 1.04 bits per heavy atom. The van der Waals surface area contributed by atoms with Crippen molar-refractivity contribution in [2.75, 3.05) is 12.4 Å². The molecule has 0 saturated carbocycles. The molecular weight excluding hydrogens is 424 g/mol. The zero-order valence-electron chi connectivity index (χ0n) is 14.9. The molecule has 142 valence electrons. The Bertz CT molecular complexity index is 996. The van der Waals surface area contributed by atoms with Gasteiger partial charge in [0.05, 0.1) is 18.9 Å². The van der Waals surface area contributed by atoms with E-state index < -0.39 is 11.8 Å². The van der Waals surface area contributed by atoms with E-state index >= 15 is 0 Å². The number of anilines is 1. The largest absolute Gasteiger partial charge is 0.497 e. The minimum absolute atomic E-state index is 0.0477. The van der Waals surface area contributed by atoms with Gasteiger partial charge in [-0.2, -0.15) is 0 Å². The first-order chi connectivity index (χ1) is 13.6. The molecular formula is C21H17BrN2O4. The van der Waals surface area contributed by atoms with Crippen LogP contribution in [0.15, 0.2) is 81.5 Å². The van der Waals surface area contributed by atoms with Crippen LogP contribution in [-0.2, 0) is 4.79 Å². The fourth-order valence-corrected chi connectivity index (χ4v) is 2.85. The molecule has 0 bridgehead atoms. The van der Waals surface area contributed by atoms with Crippen molar-refractivity contribution in [1.82, 2.24) is 5.32 Å². The molecule has 3 rings (SSSR count). The van der Waals surface area contributed by atoms with Crippen LogP contribution in [0.4, 0.5) is 5.69 Å². The van der Waals surface area contributed by atoms with Gasteiger partial charge in [-0.1, -0.05) is 12.1 Å². The molecule has 6 nitrogen and oxygen atoms in total. The Hall–Kier alpha value is -3.32. The topological polar surface area (TPSA) is 80.6 Å². The number of halogens is 1. The van der Waals surface area contributed by atoms with E-state index in [1.165, 1.54) is 12.3 Å². The molecule has 7 heteroatoms. The summed E-state index contributed by atoms with van der Waals surface area (Å²) in [4.78, 5) is 25.4. The van der Waals surface area contributed by atoms with Crippen LogP contribution in [-0.4, -0.2) is 18.9 Å². The number of hydrogen-bond acceptors (Lipinski definition) is 4. The number of hydrogen-bond donors (Lipinski definition) is 2. The van der Waals surface area contributed by atoms with Crippen molar-refractivity contribution in [2.24, 2.45) is 0 Å². The highest BCUT2D eigenvalue weighted by molar-refractivity contribution is 9.10. The number of amides is 2. The third-order valence-corrected chi connectivity index (χ3v) is 4.48. The molecule has 2 aromatic carbocycles. The monoisotopic (exact) mass is 440 g/mol. The van der Waals surface area contributed by atoms with E-state index in [1.54, 1.807) is 67.8 Å². The standard InChI is InChI=1S/C21H17BrN2O4/c1-27-15-10-8-14(9-11-15)23-21(26)19(13-16-5-4-12-28-16)24-20(25)17-6-2-3-7-18(17)22/h2-13H,1H3,(H,23,26)(H,24,25)/b19-13+. The molecule has 0 radical (unpaired) electrons. The quantitative estimate of drug-likeness (QED) is 0.554. The number of rotatable bonds is 6. The molecule has 0 saturated heterocycles. The fourth-order valence-electron chi connectivity index (χ4n) is 2.38. The molecule has 0 aliphatic rings. The van der Waals surface area contributed by atoms with Gasteiger partial charge in [-0.3, -0.25) is 9.59 Å². The van der Waals surface area contributed by atoms with Crippen LogP contribution in [0, 0.1) is 0 Å². The SMILES string of the molecule is COc1ccc(NC(=O)/C(=C\c2ccco2)NC(=O)c2ccccc2Br)cc1. The number of benzene rings is 2. The summed E-state index contributed by atoms with van der Waals surface area (Å²) < 4.78 is 11.0. The highest BCUT2D eigenvalue weighted by Crippen LogP contribution is 2.18. The molecule has 0 fully saturated rings. The van der Waals surface area contributed by atoms with Crippen LogP contribution in [0.2, 0.25) is 0 Å². The van der Waals surface area contributed by atoms with Crippen molar-refractivity contribution in [1.29, 1.82) is 0 Å². The van der Waals surface area contributed by atoms with Gasteiger partial charge in [0.1, 0.15) is 17.2 Å². The average Bonchev–Trinajstić information content (AvgIpc) is 3.21. The molecule has 1 heterocycles. The first kappa shape index (κ1) is 19.4. The van der Waals surface area contributed by atoms with Gasteiger partial charge >= 0.3 is 0 Å².